The van der Waals surface area contributed by atoms with E-state index in [1.165, 1.54) is 0 Å². The van der Waals surface area contributed by atoms with E-state index in [2.05, 4.69) is 61.6 Å². The molecule has 3 aromatic rings. The van der Waals surface area contributed by atoms with Crippen LogP contribution in [0, 0.1) is 5.82 Å². The van der Waals surface area contributed by atoms with Crippen molar-refractivity contribution < 1.29 is 8.82 Å². The molecule has 1 saturated carbocycles. The number of aromatic nitrogens is 5. The van der Waals surface area contributed by atoms with Crippen molar-refractivity contribution in [3.05, 3.63) is 53.6 Å². The Morgan fingerprint density at radius 1 is 1.19 bits per heavy atom. The van der Waals surface area contributed by atoms with Crippen LogP contribution in [0.25, 0.3) is 11.1 Å². The molecule has 2 aliphatic rings. The maximum Gasteiger partial charge on any atom is 0.192 e. The molecule has 9 heteroatoms. The number of nitrogens with zero attached hydrogens (tertiary/aromatic N) is 5. The molecule has 3 heterocycles. The molecule has 194 valence electrons. The predicted molar refractivity (Wildman–Crippen MR) is 146 cm³/mol. The highest BCUT2D eigenvalue weighted by molar-refractivity contribution is 8.00. The summed E-state index contributed by atoms with van der Waals surface area (Å²) in [5.74, 6) is 2.78. The van der Waals surface area contributed by atoms with Crippen molar-refractivity contribution in [2.45, 2.75) is 81.8 Å². The van der Waals surface area contributed by atoms with Gasteiger partial charge in [0.05, 0.1) is 11.6 Å². The average Bonchev–Trinajstić information content (AvgIpc) is 3.40. The van der Waals surface area contributed by atoms with Crippen molar-refractivity contribution in [1.82, 2.24) is 24.5 Å². The van der Waals surface area contributed by atoms with Crippen LogP contribution in [0.15, 0.2) is 30.6 Å². The third-order valence-electron chi connectivity index (χ3n) is 8.38. The van der Waals surface area contributed by atoms with Crippen LogP contribution in [0.2, 0.25) is 18.1 Å². The zero-order chi connectivity index (χ0) is 25.9. The van der Waals surface area contributed by atoms with Crippen LogP contribution in [0.4, 0.5) is 4.39 Å². The lowest BCUT2D eigenvalue weighted by atomic mass is 9.92. The molecule has 1 fully saturated rings. The number of thioether (sulfide) groups is 1. The van der Waals surface area contributed by atoms with Gasteiger partial charge in [-0.15, -0.1) is 10.2 Å². The zero-order valence-electron chi connectivity index (χ0n) is 22.6. The van der Waals surface area contributed by atoms with Gasteiger partial charge in [-0.2, -0.15) is 16.9 Å². The predicted octanol–water partition coefficient (Wildman–Crippen LogP) is 5.97. The van der Waals surface area contributed by atoms with Crippen LogP contribution >= 0.6 is 11.8 Å². The summed E-state index contributed by atoms with van der Waals surface area (Å²) in [5.41, 5.74) is 2.11. The van der Waals surface area contributed by atoms with Crippen molar-refractivity contribution in [2.24, 2.45) is 7.05 Å². The van der Waals surface area contributed by atoms with Gasteiger partial charge in [0, 0.05) is 54.4 Å². The number of halogens is 1. The molecule has 6 nitrogen and oxygen atoms in total. The fraction of sp³-hybridized carbons (Fsp3) is 0.593. The second-order valence-electron chi connectivity index (χ2n) is 12.3. The molecule has 1 atom stereocenters. The molecule has 0 N–H and O–H groups in total. The first-order valence-corrected chi connectivity index (χ1v) is 16.7. The van der Waals surface area contributed by atoms with E-state index in [1.54, 1.807) is 16.9 Å². The van der Waals surface area contributed by atoms with E-state index in [0.29, 0.717) is 5.56 Å². The fourth-order valence-electron chi connectivity index (χ4n) is 4.84. The molecule has 1 aromatic carbocycles. The van der Waals surface area contributed by atoms with Crippen LogP contribution in [0.1, 0.15) is 57.7 Å². The Balaban J connectivity index is 1.39. The van der Waals surface area contributed by atoms with Crippen LogP contribution in [0.3, 0.4) is 0 Å². The standard InChI is InChI=1S/C27H38FN5OSSi/c1-25(2,3)36(6,7)34-18-26(4)15-23-30-31-24(33(23)12-13-35-26)27(10-11-27)20-8-9-21(22(28)14-20)19-16-29-32(5)17-19/h8-9,14,16-17H,10-13,15,18H2,1-7H3. The van der Waals surface area contributed by atoms with Crippen molar-refractivity contribution >= 4 is 20.1 Å². The number of aryl methyl sites for hydroxylation is 1. The van der Waals surface area contributed by atoms with Crippen LogP contribution in [-0.4, -0.2) is 50.0 Å². The van der Waals surface area contributed by atoms with E-state index >= 15 is 4.39 Å². The summed E-state index contributed by atoms with van der Waals surface area (Å²) in [6.45, 7) is 15.4. The van der Waals surface area contributed by atoms with Gasteiger partial charge >= 0.3 is 0 Å². The molecule has 36 heavy (non-hydrogen) atoms. The second-order valence-corrected chi connectivity index (χ2v) is 18.8. The van der Waals surface area contributed by atoms with Gasteiger partial charge in [0.25, 0.3) is 0 Å². The normalized spacial score (nSPS) is 21.8. The lowest BCUT2D eigenvalue weighted by Gasteiger charge is -2.39. The Kier molecular flexibility index (Phi) is 6.28. The molecule has 0 spiro atoms. The maximum atomic E-state index is 15.2. The third kappa shape index (κ3) is 4.58. The summed E-state index contributed by atoms with van der Waals surface area (Å²) in [5, 5.41) is 13.8. The molecule has 1 unspecified atom stereocenters. The minimum absolute atomic E-state index is 0.0394. The van der Waals surface area contributed by atoms with E-state index in [4.69, 9.17) is 9.52 Å². The van der Waals surface area contributed by atoms with Gasteiger partial charge in [-0.05, 0) is 49.5 Å². The number of benzene rings is 1. The van der Waals surface area contributed by atoms with Crippen LogP contribution in [-0.2, 0) is 29.9 Å². The van der Waals surface area contributed by atoms with Crippen molar-refractivity contribution in [3.63, 3.8) is 0 Å². The average molecular weight is 528 g/mol. The van der Waals surface area contributed by atoms with E-state index in [0.717, 1.165) is 60.9 Å². The Bertz CT molecular complexity index is 1280. The second kappa shape index (κ2) is 8.81. The summed E-state index contributed by atoms with van der Waals surface area (Å²) < 4.78 is 25.8. The summed E-state index contributed by atoms with van der Waals surface area (Å²) in [4.78, 5) is 0. The molecule has 2 aromatic heterocycles. The molecule has 0 bridgehead atoms. The number of rotatable bonds is 6. The first kappa shape index (κ1) is 25.7. The highest BCUT2D eigenvalue weighted by atomic mass is 32.2. The number of hydrogen-bond acceptors (Lipinski definition) is 5. The Morgan fingerprint density at radius 3 is 2.56 bits per heavy atom. The Morgan fingerprint density at radius 2 is 1.94 bits per heavy atom. The van der Waals surface area contributed by atoms with Gasteiger partial charge in [0.2, 0.25) is 0 Å². The summed E-state index contributed by atoms with van der Waals surface area (Å²) in [7, 11) is 0.00902. The van der Waals surface area contributed by atoms with E-state index in [9.17, 15) is 0 Å². The van der Waals surface area contributed by atoms with Crippen molar-refractivity contribution in [1.29, 1.82) is 0 Å². The number of fused-ring (bicyclic) bond motifs is 1. The molecular weight excluding hydrogens is 489 g/mol. The molecule has 1 aliphatic heterocycles. The lowest BCUT2D eigenvalue weighted by Crippen LogP contribution is -2.45. The molecular formula is C27H38FN5OSSi. The largest absolute Gasteiger partial charge is 0.415 e. The third-order valence-corrected chi connectivity index (χ3v) is 14.2. The lowest BCUT2D eigenvalue weighted by molar-refractivity contribution is 0.252. The van der Waals surface area contributed by atoms with Crippen molar-refractivity contribution in [2.75, 3.05) is 12.4 Å². The number of hydrogen-bond donors (Lipinski definition) is 0. The molecule has 0 amide bonds. The first-order valence-electron chi connectivity index (χ1n) is 12.8. The van der Waals surface area contributed by atoms with E-state index in [1.807, 2.05) is 31.1 Å². The zero-order valence-corrected chi connectivity index (χ0v) is 24.4. The van der Waals surface area contributed by atoms with E-state index < -0.39 is 8.32 Å². The van der Waals surface area contributed by atoms with Gasteiger partial charge in [-0.3, -0.25) is 4.68 Å². The minimum Gasteiger partial charge on any atom is -0.415 e. The van der Waals surface area contributed by atoms with Crippen LogP contribution < -0.4 is 0 Å². The maximum absolute atomic E-state index is 15.2. The highest BCUT2D eigenvalue weighted by Gasteiger charge is 2.51. The monoisotopic (exact) mass is 527 g/mol. The van der Waals surface area contributed by atoms with Gasteiger partial charge in [0.15, 0.2) is 8.32 Å². The quantitative estimate of drug-likeness (QED) is 0.370. The SMILES string of the molecule is Cn1cc(-c2ccc(C3(c4nnc5n4CCSC(C)(CO[Si](C)(C)C(C)(C)C)C5)CC3)cc2F)cn1. The summed E-state index contributed by atoms with van der Waals surface area (Å²) in [6, 6.07) is 5.63. The smallest absolute Gasteiger partial charge is 0.192 e. The Hall–Kier alpha value is -1.97. The molecule has 0 radical (unpaired) electrons. The molecule has 1 aliphatic carbocycles. The highest BCUT2D eigenvalue weighted by Crippen LogP contribution is 2.54. The fourth-order valence-corrected chi connectivity index (χ4v) is 7.20. The molecule has 5 rings (SSSR count). The summed E-state index contributed by atoms with van der Waals surface area (Å²) in [6.07, 6.45) is 6.30. The van der Waals surface area contributed by atoms with Crippen LogP contribution in [0.5, 0.6) is 0 Å². The van der Waals surface area contributed by atoms with Gasteiger partial charge < -0.3 is 8.99 Å². The topological polar surface area (TPSA) is 57.8 Å². The first-order chi connectivity index (χ1) is 16.8. The van der Waals surface area contributed by atoms with Gasteiger partial charge in [-0.25, -0.2) is 4.39 Å². The van der Waals surface area contributed by atoms with Gasteiger partial charge in [-0.1, -0.05) is 32.9 Å². The minimum atomic E-state index is -1.83. The Labute approximate surface area is 219 Å². The van der Waals surface area contributed by atoms with E-state index in [-0.39, 0.29) is 21.0 Å². The summed E-state index contributed by atoms with van der Waals surface area (Å²) >= 11 is 1.98. The van der Waals surface area contributed by atoms with Gasteiger partial charge in [0.1, 0.15) is 17.5 Å². The molecule has 0 saturated heterocycles. The van der Waals surface area contributed by atoms with Crippen molar-refractivity contribution in [3.8, 4) is 11.1 Å².